The quantitative estimate of drug-likeness (QED) is 0.0891. The van der Waals surface area contributed by atoms with Crippen molar-refractivity contribution < 1.29 is 57.5 Å². The maximum Gasteiger partial charge on any atom is 0.335 e. The number of unbranched alkanes of at least 4 members (excludes halogenated alkanes) is 2. The molecule has 0 saturated carbocycles. The first-order valence-electron chi connectivity index (χ1n) is 19.0. The second kappa shape index (κ2) is 20.0. The van der Waals surface area contributed by atoms with Crippen LogP contribution in [-0.2, 0) is 54.1 Å². The lowest BCUT2D eigenvalue weighted by Crippen LogP contribution is -2.50. The number of aliphatic carboxylic acids is 1. The third-order valence-electron chi connectivity index (χ3n) is 9.14. The molecule has 0 radical (unpaired) electrons. The van der Waals surface area contributed by atoms with Crippen molar-refractivity contribution in [2.45, 2.75) is 154 Å². The Kier molecular flexibility index (Phi) is 16.6. The molecule has 0 bridgehead atoms. The molecule has 0 spiro atoms. The number of hydrogen-bond donors (Lipinski definition) is 5. The highest BCUT2D eigenvalue weighted by atomic mass is 16.8. The van der Waals surface area contributed by atoms with Crippen molar-refractivity contribution in [2.75, 3.05) is 20.2 Å². The van der Waals surface area contributed by atoms with E-state index in [4.69, 9.17) is 39.9 Å². The van der Waals surface area contributed by atoms with Crippen LogP contribution in [0.2, 0.25) is 0 Å². The molecule has 310 valence electrons. The van der Waals surface area contributed by atoms with Crippen molar-refractivity contribution in [2.24, 2.45) is 17.4 Å². The van der Waals surface area contributed by atoms with Gasteiger partial charge in [0.05, 0.1) is 13.2 Å². The van der Waals surface area contributed by atoms with Gasteiger partial charge in [0.15, 0.2) is 23.8 Å². The first kappa shape index (κ1) is 45.7. The molecule has 2 saturated heterocycles. The zero-order chi connectivity index (χ0) is 41.1. The number of hydrogen-bond acceptors (Lipinski definition) is 13. The summed E-state index contributed by atoms with van der Waals surface area (Å²) in [6.45, 7) is 12.9. The first-order valence-corrected chi connectivity index (χ1v) is 19.0. The van der Waals surface area contributed by atoms with Gasteiger partial charge < -0.3 is 55.6 Å². The van der Waals surface area contributed by atoms with Crippen LogP contribution < -0.4 is 26.8 Å². The maximum absolute atomic E-state index is 13.7. The molecule has 55 heavy (non-hydrogen) atoms. The molecule has 16 nitrogen and oxygen atoms in total. The number of carboxylic acid groups (broad SMARTS) is 1. The van der Waals surface area contributed by atoms with Crippen molar-refractivity contribution in [3.8, 4) is 5.75 Å². The highest BCUT2D eigenvalue weighted by Gasteiger charge is 2.57. The highest BCUT2D eigenvalue weighted by molar-refractivity contribution is 5.91. The van der Waals surface area contributed by atoms with Gasteiger partial charge in [-0.05, 0) is 118 Å². The van der Waals surface area contributed by atoms with Crippen molar-refractivity contribution in [3.63, 3.8) is 0 Å². The fraction of sp³-hybridized carbons (Fsp3) is 0.718. The predicted octanol–water partition coefficient (Wildman–Crippen LogP) is 2.51. The molecule has 0 aliphatic carbocycles. The van der Waals surface area contributed by atoms with Crippen LogP contribution >= 0.6 is 0 Å². The van der Waals surface area contributed by atoms with E-state index in [1.54, 1.807) is 27.7 Å². The summed E-state index contributed by atoms with van der Waals surface area (Å²) in [6, 6.07) is 5.53. The molecule has 2 amide bonds. The standard InChI is InChI=1S/C39H62N4O12/c1-37(2,3)51-25-17-15-23(16-18-25)21-24(33(45)43-27(36(49)50-8)14-9-11-19-40)22-28(44)26(41)13-10-12-20-42-34(46)31-29(52-38(4,5)54-31)30-32(35(47)48)55-39(6,7)53-30/h15-18,24,26-27,29-32H,9-14,19-22,40-41H2,1-8H3,(H,42,46)(H,43,45)(H,47,48)/t24-,26+,27?,29?,30?,31?,32?/m1/s1. The Labute approximate surface area is 324 Å². The SMILES string of the molecule is COC(=O)C(CCCCN)NC(=O)[C@@H](CC(=O)[C@@H](N)CCCCNC(=O)C1OC(C)(C)OC1C1OC(C)(C)OC1C(=O)O)Cc1ccc(OC(C)(C)C)cc1. The van der Waals surface area contributed by atoms with Crippen molar-refractivity contribution in [1.29, 1.82) is 0 Å². The Bertz CT molecular complexity index is 1460. The summed E-state index contributed by atoms with van der Waals surface area (Å²) in [5.41, 5.74) is 12.4. The van der Waals surface area contributed by atoms with E-state index in [1.807, 2.05) is 45.0 Å². The van der Waals surface area contributed by atoms with E-state index in [9.17, 15) is 29.1 Å². The normalized spacial score (nSPS) is 23.3. The minimum atomic E-state index is -1.36. The summed E-state index contributed by atoms with van der Waals surface area (Å²) in [5.74, 6) is -5.64. The third-order valence-corrected chi connectivity index (χ3v) is 9.14. The fourth-order valence-corrected chi connectivity index (χ4v) is 6.57. The second-order valence-corrected chi connectivity index (χ2v) is 16.1. The number of carboxylic acids is 1. The summed E-state index contributed by atoms with van der Waals surface area (Å²) in [7, 11) is 1.25. The van der Waals surface area contributed by atoms with Crippen molar-refractivity contribution in [3.05, 3.63) is 29.8 Å². The number of carbonyl (C=O) groups excluding carboxylic acids is 4. The topological polar surface area (TPSA) is 237 Å². The number of ether oxygens (including phenoxy) is 6. The van der Waals surface area contributed by atoms with Gasteiger partial charge in [0.25, 0.3) is 5.91 Å². The van der Waals surface area contributed by atoms with Crippen LogP contribution in [0.5, 0.6) is 5.75 Å². The van der Waals surface area contributed by atoms with Crippen LogP contribution in [0.1, 0.15) is 99.0 Å². The van der Waals surface area contributed by atoms with Gasteiger partial charge in [-0.1, -0.05) is 12.1 Å². The Morgan fingerprint density at radius 2 is 1.45 bits per heavy atom. The van der Waals surface area contributed by atoms with E-state index in [0.717, 1.165) is 5.56 Å². The fourth-order valence-electron chi connectivity index (χ4n) is 6.57. The first-order chi connectivity index (χ1) is 25.6. The van der Waals surface area contributed by atoms with Crippen molar-refractivity contribution >= 4 is 29.5 Å². The Morgan fingerprint density at radius 3 is 2.02 bits per heavy atom. The predicted molar refractivity (Wildman–Crippen MR) is 201 cm³/mol. The number of carbonyl (C=O) groups is 5. The number of esters is 1. The number of Topliss-reactive ketones (excluding diaryl/α,β-unsaturated/α-hetero) is 1. The molecule has 1 aromatic rings. The summed E-state index contributed by atoms with van der Waals surface area (Å²) in [5, 5.41) is 15.3. The van der Waals surface area contributed by atoms with E-state index in [1.165, 1.54) is 7.11 Å². The summed E-state index contributed by atoms with van der Waals surface area (Å²) in [4.78, 5) is 64.8. The van der Waals surface area contributed by atoms with Crippen LogP contribution in [0.3, 0.4) is 0 Å². The van der Waals surface area contributed by atoms with Gasteiger partial charge in [-0.3, -0.25) is 14.4 Å². The van der Waals surface area contributed by atoms with E-state index in [0.29, 0.717) is 50.8 Å². The van der Waals surface area contributed by atoms with Crippen LogP contribution in [0.25, 0.3) is 0 Å². The largest absolute Gasteiger partial charge is 0.488 e. The van der Waals surface area contributed by atoms with Crippen LogP contribution in [0, 0.1) is 5.92 Å². The van der Waals surface area contributed by atoms with Gasteiger partial charge in [0, 0.05) is 18.9 Å². The molecule has 3 rings (SSSR count). The maximum atomic E-state index is 13.7. The molecule has 7 atom stereocenters. The van der Waals surface area contributed by atoms with Gasteiger partial charge in [-0.2, -0.15) is 0 Å². The van der Waals surface area contributed by atoms with E-state index < -0.39 is 83.3 Å². The van der Waals surface area contributed by atoms with Gasteiger partial charge in [0.2, 0.25) is 5.91 Å². The summed E-state index contributed by atoms with van der Waals surface area (Å²) in [6.07, 6.45) is -1.72. The molecule has 2 aliphatic heterocycles. The number of nitrogens with two attached hydrogens (primary N) is 2. The third kappa shape index (κ3) is 14.4. The Balaban J connectivity index is 1.59. The molecule has 1 aromatic carbocycles. The molecule has 0 aromatic heterocycles. The van der Waals surface area contributed by atoms with Gasteiger partial charge in [-0.25, -0.2) is 9.59 Å². The van der Waals surface area contributed by atoms with E-state index in [-0.39, 0.29) is 25.2 Å². The number of methoxy groups -OCH3 is 1. The highest BCUT2D eigenvalue weighted by Crippen LogP contribution is 2.38. The molecule has 5 unspecified atom stereocenters. The minimum Gasteiger partial charge on any atom is -0.488 e. The van der Waals surface area contributed by atoms with Crippen LogP contribution in [0.15, 0.2) is 24.3 Å². The average molecular weight is 779 g/mol. The molecule has 7 N–H and O–H groups in total. The molecule has 2 fully saturated rings. The monoisotopic (exact) mass is 778 g/mol. The lowest BCUT2D eigenvalue weighted by molar-refractivity contribution is -0.176. The van der Waals surface area contributed by atoms with Gasteiger partial charge in [-0.15, -0.1) is 0 Å². The van der Waals surface area contributed by atoms with Gasteiger partial charge >= 0.3 is 11.9 Å². The number of nitrogens with one attached hydrogen (secondary N) is 2. The molecular formula is C39H62N4O12. The molecule has 2 heterocycles. The zero-order valence-corrected chi connectivity index (χ0v) is 33.5. The van der Waals surface area contributed by atoms with Crippen LogP contribution in [0.4, 0.5) is 0 Å². The second-order valence-electron chi connectivity index (χ2n) is 16.1. The Hall–Kier alpha value is -3.67. The smallest absolute Gasteiger partial charge is 0.335 e. The number of rotatable bonds is 21. The number of amides is 2. The molecular weight excluding hydrogens is 716 g/mol. The summed E-state index contributed by atoms with van der Waals surface area (Å²) < 4.78 is 34.0. The lowest BCUT2D eigenvalue weighted by atomic mass is 9.90. The summed E-state index contributed by atoms with van der Waals surface area (Å²) >= 11 is 0. The zero-order valence-electron chi connectivity index (χ0n) is 33.5. The van der Waals surface area contributed by atoms with Gasteiger partial charge in [0.1, 0.15) is 35.4 Å². The number of benzene rings is 1. The molecule has 2 aliphatic rings. The van der Waals surface area contributed by atoms with Crippen molar-refractivity contribution in [1.82, 2.24) is 10.6 Å². The average Bonchev–Trinajstić information content (AvgIpc) is 3.61. The minimum absolute atomic E-state index is 0.155. The van der Waals surface area contributed by atoms with E-state index >= 15 is 0 Å². The van der Waals surface area contributed by atoms with E-state index in [2.05, 4.69) is 10.6 Å². The van der Waals surface area contributed by atoms with Crippen LogP contribution in [-0.4, -0.2) is 109 Å². The number of ketones is 1. The molecule has 16 heteroatoms. The Morgan fingerprint density at radius 1 is 0.873 bits per heavy atom. The lowest BCUT2D eigenvalue weighted by Gasteiger charge is -2.24.